The fourth-order valence-corrected chi connectivity index (χ4v) is 4.01. The number of nitrogens with zero attached hydrogens (tertiary/aromatic N) is 2. The standard InChI is InChI=1S/C21H31N3O2/c25-20(17-24-15-9-6-12-21(24)26)22-16-19(18-10-4-3-5-11-18)23-13-7-1-2-8-14-23/h3-5,10-11,19H,1-2,6-9,12-17H2,(H,22,25)/t19-/m0/s1. The number of piperidine rings is 1. The first-order chi connectivity index (χ1) is 12.7. The summed E-state index contributed by atoms with van der Waals surface area (Å²) in [6, 6.07) is 10.7. The molecule has 0 spiro atoms. The van der Waals surface area contributed by atoms with Crippen LogP contribution in [-0.2, 0) is 9.59 Å². The lowest BCUT2D eigenvalue weighted by Crippen LogP contribution is -2.45. The summed E-state index contributed by atoms with van der Waals surface area (Å²) in [6.07, 6.45) is 7.55. The number of amides is 2. The van der Waals surface area contributed by atoms with Gasteiger partial charge in [-0.1, -0.05) is 43.2 Å². The number of hydrogen-bond acceptors (Lipinski definition) is 3. The Hall–Kier alpha value is -1.88. The Labute approximate surface area is 156 Å². The van der Waals surface area contributed by atoms with E-state index in [1.165, 1.54) is 31.2 Å². The zero-order chi connectivity index (χ0) is 18.2. The Morgan fingerprint density at radius 1 is 0.962 bits per heavy atom. The van der Waals surface area contributed by atoms with E-state index < -0.39 is 0 Å². The fourth-order valence-electron chi connectivity index (χ4n) is 4.01. The van der Waals surface area contributed by atoms with Crippen LogP contribution in [-0.4, -0.2) is 54.3 Å². The molecule has 2 aliphatic rings. The van der Waals surface area contributed by atoms with Gasteiger partial charge < -0.3 is 10.2 Å². The Morgan fingerprint density at radius 2 is 1.65 bits per heavy atom. The lowest BCUT2D eigenvalue weighted by atomic mass is 10.0. The number of hydrogen-bond donors (Lipinski definition) is 1. The molecule has 1 atom stereocenters. The molecule has 5 heteroatoms. The van der Waals surface area contributed by atoms with Gasteiger partial charge in [0.05, 0.1) is 12.6 Å². The molecule has 0 saturated carbocycles. The van der Waals surface area contributed by atoms with Crippen LogP contribution >= 0.6 is 0 Å². The second-order valence-electron chi connectivity index (χ2n) is 7.45. The van der Waals surface area contributed by atoms with Crippen molar-refractivity contribution in [3.05, 3.63) is 35.9 Å². The average Bonchev–Trinajstić information content (AvgIpc) is 2.94. The van der Waals surface area contributed by atoms with Gasteiger partial charge in [0.15, 0.2) is 0 Å². The minimum absolute atomic E-state index is 0.0454. The first kappa shape index (κ1) is 18.9. The van der Waals surface area contributed by atoms with E-state index in [2.05, 4.69) is 34.5 Å². The third-order valence-electron chi connectivity index (χ3n) is 5.51. The van der Waals surface area contributed by atoms with E-state index in [4.69, 9.17) is 0 Å². The van der Waals surface area contributed by atoms with Crippen LogP contribution in [0.5, 0.6) is 0 Å². The maximum atomic E-state index is 12.4. The zero-order valence-corrected chi connectivity index (χ0v) is 15.7. The van der Waals surface area contributed by atoms with Gasteiger partial charge in [-0.05, 0) is 44.3 Å². The van der Waals surface area contributed by atoms with Crippen LogP contribution in [0.2, 0.25) is 0 Å². The summed E-state index contributed by atoms with van der Waals surface area (Å²) in [5, 5.41) is 3.09. The molecule has 0 aromatic heterocycles. The minimum Gasteiger partial charge on any atom is -0.353 e. The van der Waals surface area contributed by atoms with Gasteiger partial charge in [0.25, 0.3) is 0 Å². The molecule has 3 rings (SSSR count). The summed E-state index contributed by atoms with van der Waals surface area (Å²) in [5.74, 6) is 0.0644. The summed E-state index contributed by atoms with van der Waals surface area (Å²) < 4.78 is 0. The molecule has 0 radical (unpaired) electrons. The summed E-state index contributed by atoms with van der Waals surface area (Å²) in [6.45, 7) is 3.67. The van der Waals surface area contributed by atoms with Gasteiger partial charge in [0, 0.05) is 19.5 Å². The lowest BCUT2D eigenvalue weighted by molar-refractivity contribution is -0.137. The van der Waals surface area contributed by atoms with Crippen LogP contribution in [0.3, 0.4) is 0 Å². The number of nitrogens with one attached hydrogen (secondary N) is 1. The highest BCUT2D eigenvalue weighted by atomic mass is 16.2. The van der Waals surface area contributed by atoms with E-state index in [9.17, 15) is 9.59 Å². The summed E-state index contributed by atoms with van der Waals surface area (Å²) in [5.41, 5.74) is 1.25. The van der Waals surface area contributed by atoms with Crippen molar-refractivity contribution in [3.63, 3.8) is 0 Å². The van der Waals surface area contributed by atoms with Gasteiger partial charge in [-0.15, -0.1) is 0 Å². The Kier molecular flexibility index (Phi) is 7.06. The maximum Gasteiger partial charge on any atom is 0.239 e. The van der Waals surface area contributed by atoms with Gasteiger partial charge in [0.1, 0.15) is 0 Å². The quantitative estimate of drug-likeness (QED) is 0.852. The molecule has 0 aliphatic carbocycles. The summed E-state index contributed by atoms with van der Waals surface area (Å²) in [7, 11) is 0. The van der Waals surface area contributed by atoms with Gasteiger partial charge in [-0.3, -0.25) is 14.5 Å². The van der Waals surface area contributed by atoms with Crippen molar-refractivity contribution in [1.82, 2.24) is 15.1 Å². The van der Waals surface area contributed by atoms with Crippen LogP contribution in [0.15, 0.2) is 30.3 Å². The lowest BCUT2D eigenvalue weighted by Gasteiger charge is -2.32. The molecule has 142 valence electrons. The van der Waals surface area contributed by atoms with Gasteiger partial charge in [0.2, 0.25) is 11.8 Å². The van der Waals surface area contributed by atoms with Gasteiger partial charge in [-0.25, -0.2) is 0 Å². The zero-order valence-electron chi connectivity index (χ0n) is 15.7. The molecule has 26 heavy (non-hydrogen) atoms. The highest BCUT2D eigenvalue weighted by Gasteiger charge is 2.24. The van der Waals surface area contributed by atoms with Crippen molar-refractivity contribution < 1.29 is 9.59 Å². The van der Waals surface area contributed by atoms with Crippen molar-refractivity contribution >= 4 is 11.8 Å². The van der Waals surface area contributed by atoms with Crippen LogP contribution < -0.4 is 5.32 Å². The normalized spacial score (nSPS) is 20.5. The monoisotopic (exact) mass is 357 g/mol. The van der Waals surface area contributed by atoms with Crippen LogP contribution in [0.4, 0.5) is 0 Å². The maximum absolute atomic E-state index is 12.4. The average molecular weight is 357 g/mol. The van der Waals surface area contributed by atoms with E-state index in [0.717, 1.165) is 25.9 Å². The SMILES string of the molecule is O=C(CN1CCCCC1=O)NC[C@@H](c1ccccc1)N1CCCCCC1. The molecule has 2 fully saturated rings. The van der Waals surface area contributed by atoms with Crippen molar-refractivity contribution in [2.75, 3.05) is 32.7 Å². The van der Waals surface area contributed by atoms with Crippen LogP contribution in [0.25, 0.3) is 0 Å². The minimum atomic E-state index is -0.0454. The predicted molar refractivity (Wildman–Crippen MR) is 103 cm³/mol. The van der Waals surface area contributed by atoms with Crippen molar-refractivity contribution in [3.8, 4) is 0 Å². The van der Waals surface area contributed by atoms with E-state index >= 15 is 0 Å². The number of carbonyl (C=O) groups excluding carboxylic acids is 2. The molecule has 0 bridgehead atoms. The molecule has 2 saturated heterocycles. The van der Waals surface area contributed by atoms with E-state index in [1.54, 1.807) is 4.90 Å². The molecule has 0 unspecified atom stereocenters. The highest BCUT2D eigenvalue weighted by molar-refractivity contribution is 5.85. The predicted octanol–water partition coefficient (Wildman–Crippen LogP) is 2.73. The van der Waals surface area contributed by atoms with Crippen LogP contribution in [0.1, 0.15) is 56.6 Å². The van der Waals surface area contributed by atoms with Gasteiger partial charge >= 0.3 is 0 Å². The second kappa shape index (κ2) is 9.72. The second-order valence-corrected chi connectivity index (χ2v) is 7.45. The summed E-state index contributed by atoms with van der Waals surface area (Å²) in [4.78, 5) is 28.5. The van der Waals surface area contributed by atoms with E-state index in [-0.39, 0.29) is 24.4 Å². The molecular formula is C21H31N3O2. The van der Waals surface area contributed by atoms with E-state index in [0.29, 0.717) is 19.5 Å². The largest absolute Gasteiger partial charge is 0.353 e. The molecule has 1 aromatic rings. The smallest absolute Gasteiger partial charge is 0.239 e. The first-order valence-corrected chi connectivity index (χ1v) is 10.1. The third-order valence-corrected chi connectivity index (χ3v) is 5.51. The number of rotatable bonds is 6. The topological polar surface area (TPSA) is 52.7 Å². The van der Waals surface area contributed by atoms with Gasteiger partial charge in [-0.2, -0.15) is 0 Å². The number of benzene rings is 1. The van der Waals surface area contributed by atoms with E-state index in [1.807, 2.05) is 6.07 Å². The molecule has 1 N–H and O–H groups in total. The fraction of sp³-hybridized carbons (Fsp3) is 0.619. The molecular weight excluding hydrogens is 326 g/mol. The molecule has 5 nitrogen and oxygen atoms in total. The first-order valence-electron chi connectivity index (χ1n) is 10.1. The molecule has 1 aromatic carbocycles. The Balaban J connectivity index is 1.60. The molecule has 2 amide bonds. The number of likely N-dealkylation sites (tertiary alicyclic amines) is 2. The number of carbonyl (C=O) groups is 2. The van der Waals surface area contributed by atoms with Crippen molar-refractivity contribution in [1.29, 1.82) is 0 Å². The Morgan fingerprint density at radius 3 is 2.35 bits per heavy atom. The summed E-state index contributed by atoms with van der Waals surface area (Å²) >= 11 is 0. The van der Waals surface area contributed by atoms with Crippen molar-refractivity contribution in [2.24, 2.45) is 0 Å². The molecule has 2 aliphatic heterocycles. The highest BCUT2D eigenvalue weighted by Crippen LogP contribution is 2.23. The van der Waals surface area contributed by atoms with Crippen molar-refractivity contribution in [2.45, 2.75) is 51.0 Å². The Bertz CT molecular complexity index is 582. The third kappa shape index (κ3) is 5.31. The van der Waals surface area contributed by atoms with Crippen LogP contribution in [0, 0.1) is 0 Å². The molecule has 2 heterocycles.